The Balaban J connectivity index is 1.49. The van der Waals surface area contributed by atoms with Crippen molar-refractivity contribution in [2.45, 2.75) is 45.8 Å². The van der Waals surface area contributed by atoms with Crippen molar-refractivity contribution in [3.63, 3.8) is 0 Å². The van der Waals surface area contributed by atoms with E-state index in [9.17, 15) is 4.79 Å². The lowest BCUT2D eigenvalue weighted by Gasteiger charge is -2.22. The van der Waals surface area contributed by atoms with Gasteiger partial charge in [-0.2, -0.15) is 0 Å². The van der Waals surface area contributed by atoms with E-state index in [0.29, 0.717) is 11.5 Å². The summed E-state index contributed by atoms with van der Waals surface area (Å²) in [5, 5.41) is 12.2. The molecule has 1 aliphatic heterocycles. The number of hydrogen-bond donors (Lipinski definition) is 1. The highest BCUT2D eigenvalue weighted by atomic mass is 16.5. The highest BCUT2D eigenvalue weighted by Crippen LogP contribution is 2.23. The molecule has 8 heteroatoms. The van der Waals surface area contributed by atoms with Crippen molar-refractivity contribution in [3.8, 4) is 5.75 Å². The zero-order chi connectivity index (χ0) is 23.2. The Kier molecular flexibility index (Phi) is 7.34. The fourth-order valence-corrected chi connectivity index (χ4v) is 4.27. The standard InChI is InChI=1S/C25H32N6O2/c1-18(2)14-22(27-25(32)20-7-5-10-26-16-20)24-29-28-23-9-11-30(12-13-31(23)24)17-19-6-4-8-21(15-19)33-3/h4-8,10,15-16,18,22H,9,11-14,17H2,1-3H3,(H,27,32)/t22-/m1/s1. The van der Waals surface area contributed by atoms with Crippen molar-refractivity contribution >= 4 is 5.91 Å². The number of amides is 1. The van der Waals surface area contributed by atoms with Gasteiger partial charge < -0.3 is 14.6 Å². The number of rotatable bonds is 8. The van der Waals surface area contributed by atoms with Gasteiger partial charge in [-0.25, -0.2) is 0 Å². The molecule has 0 radical (unpaired) electrons. The van der Waals surface area contributed by atoms with Crippen molar-refractivity contribution in [2.24, 2.45) is 5.92 Å². The predicted molar refractivity (Wildman–Crippen MR) is 126 cm³/mol. The summed E-state index contributed by atoms with van der Waals surface area (Å²) < 4.78 is 7.56. The molecule has 8 nitrogen and oxygen atoms in total. The second-order valence-corrected chi connectivity index (χ2v) is 8.90. The quantitative estimate of drug-likeness (QED) is 0.569. The third kappa shape index (κ3) is 5.76. The number of carbonyl (C=O) groups excluding carboxylic acids is 1. The molecule has 1 aromatic carbocycles. The van der Waals surface area contributed by atoms with Gasteiger partial charge in [-0.05, 0) is 42.2 Å². The fraction of sp³-hybridized carbons (Fsp3) is 0.440. The Bertz CT molecular complexity index is 1070. The van der Waals surface area contributed by atoms with Crippen LogP contribution in [0.2, 0.25) is 0 Å². The second kappa shape index (κ2) is 10.6. The summed E-state index contributed by atoms with van der Waals surface area (Å²) in [6.45, 7) is 7.75. The smallest absolute Gasteiger partial charge is 0.253 e. The molecule has 0 unspecified atom stereocenters. The van der Waals surface area contributed by atoms with E-state index in [2.05, 4.69) is 55.9 Å². The maximum Gasteiger partial charge on any atom is 0.253 e. The summed E-state index contributed by atoms with van der Waals surface area (Å²) in [4.78, 5) is 19.3. The molecule has 0 saturated carbocycles. The van der Waals surface area contributed by atoms with E-state index in [1.807, 2.05) is 12.1 Å². The summed E-state index contributed by atoms with van der Waals surface area (Å²) in [5.74, 6) is 2.94. The van der Waals surface area contributed by atoms with Gasteiger partial charge in [0, 0.05) is 45.0 Å². The Labute approximate surface area is 195 Å². The zero-order valence-corrected chi connectivity index (χ0v) is 19.6. The molecule has 174 valence electrons. The van der Waals surface area contributed by atoms with E-state index >= 15 is 0 Å². The largest absolute Gasteiger partial charge is 0.497 e. The Morgan fingerprint density at radius 2 is 2.03 bits per heavy atom. The number of pyridine rings is 1. The molecule has 1 atom stereocenters. The SMILES string of the molecule is COc1cccc(CN2CCc3nnc([C@@H](CC(C)C)NC(=O)c4cccnc4)n3CC2)c1. The van der Waals surface area contributed by atoms with Crippen molar-refractivity contribution in [2.75, 3.05) is 20.2 Å². The van der Waals surface area contributed by atoms with Gasteiger partial charge in [0.05, 0.1) is 18.7 Å². The maximum atomic E-state index is 12.8. The van der Waals surface area contributed by atoms with E-state index < -0.39 is 0 Å². The molecule has 0 spiro atoms. The van der Waals surface area contributed by atoms with Crippen LogP contribution in [-0.2, 0) is 19.5 Å². The summed E-state index contributed by atoms with van der Waals surface area (Å²) in [5.41, 5.74) is 1.78. The number of nitrogens with zero attached hydrogens (tertiary/aromatic N) is 5. The van der Waals surface area contributed by atoms with Gasteiger partial charge >= 0.3 is 0 Å². The number of fused-ring (bicyclic) bond motifs is 1. The van der Waals surface area contributed by atoms with Gasteiger partial charge in [-0.3, -0.25) is 14.7 Å². The Hall–Kier alpha value is -3.26. The Morgan fingerprint density at radius 1 is 1.15 bits per heavy atom. The second-order valence-electron chi connectivity index (χ2n) is 8.90. The molecule has 4 rings (SSSR count). The monoisotopic (exact) mass is 448 g/mol. The molecule has 1 N–H and O–H groups in total. The number of aromatic nitrogens is 4. The van der Waals surface area contributed by atoms with Gasteiger partial charge in [0.2, 0.25) is 0 Å². The number of carbonyl (C=O) groups is 1. The minimum Gasteiger partial charge on any atom is -0.497 e. The lowest BCUT2D eigenvalue weighted by Crippen LogP contribution is -2.32. The molecule has 1 aliphatic rings. The van der Waals surface area contributed by atoms with Crippen LogP contribution in [0.25, 0.3) is 0 Å². The molecule has 33 heavy (non-hydrogen) atoms. The van der Waals surface area contributed by atoms with E-state index in [4.69, 9.17) is 4.74 Å². The highest BCUT2D eigenvalue weighted by molar-refractivity contribution is 5.94. The molecular formula is C25H32N6O2. The van der Waals surface area contributed by atoms with Crippen LogP contribution in [0.4, 0.5) is 0 Å². The molecule has 0 aliphatic carbocycles. The average Bonchev–Trinajstić information content (AvgIpc) is 3.13. The lowest BCUT2D eigenvalue weighted by atomic mass is 10.0. The number of ether oxygens (including phenoxy) is 1. The number of hydrogen-bond acceptors (Lipinski definition) is 6. The summed E-state index contributed by atoms with van der Waals surface area (Å²) in [7, 11) is 1.69. The molecule has 0 fully saturated rings. The lowest BCUT2D eigenvalue weighted by molar-refractivity contribution is 0.0928. The van der Waals surface area contributed by atoms with E-state index in [-0.39, 0.29) is 11.9 Å². The van der Waals surface area contributed by atoms with Crippen LogP contribution in [0.15, 0.2) is 48.8 Å². The van der Waals surface area contributed by atoms with Crippen LogP contribution in [0.5, 0.6) is 5.75 Å². The molecule has 0 bridgehead atoms. The minimum absolute atomic E-state index is 0.139. The van der Waals surface area contributed by atoms with Crippen LogP contribution < -0.4 is 10.1 Å². The van der Waals surface area contributed by atoms with Gasteiger partial charge in [0.1, 0.15) is 11.6 Å². The van der Waals surface area contributed by atoms with Crippen LogP contribution >= 0.6 is 0 Å². The topological polar surface area (TPSA) is 85.2 Å². The van der Waals surface area contributed by atoms with Gasteiger partial charge in [0.15, 0.2) is 5.82 Å². The molecule has 3 aromatic rings. The molecule has 3 heterocycles. The first kappa shape index (κ1) is 22.9. The first-order valence-corrected chi connectivity index (χ1v) is 11.5. The molecular weight excluding hydrogens is 416 g/mol. The third-order valence-electron chi connectivity index (χ3n) is 5.94. The first-order chi connectivity index (χ1) is 16.0. The van der Waals surface area contributed by atoms with Crippen molar-refractivity contribution in [3.05, 3.63) is 71.6 Å². The number of nitrogens with one attached hydrogen (secondary N) is 1. The van der Waals surface area contributed by atoms with Crippen LogP contribution in [-0.4, -0.2) is 50.8 Å². The van der Waals surface area contributed by atoms with Crippen LogP contribution in [0.1, 0.15) is 53.9 Å². The van der Waals surface area contributed by atoms with Crippen molar-refractivity contribution in [1.82, 2.24) is 30.0 Å². The summed E-state index contributed by atoms with van der Waals surface area (Å²) in [6, 6.07) is 11.6. The normalized spacial score (nSPS) is 15.0. The highest BCUT2D eigenvalue weighted by Gasteiger charge is 2.26. The van der Waals surface area contributed by atoms with Crippen LogP contribution in [0.3, 0.4) is 0 Å². The predicted octanol–water partition coefficient (Wildman–Crippen LogP) is 3.26. The van der Waals surface area contributed by atoms with E-state index in [1.165, 1.54) is 5.56 Å². The maximum absolute atomic E-state index is 12.8. The average molecular weight is 449 g/mol. The number of benzene rings is 1. The number of methoxy groups -OCH3 is 1. The van der Waals surface area contributed by atoms with Gasteiger partial charge in [0.25, 0.3) is 5.91 Å². The zero-order valence-electron chi connectivity index (χ0n) is 19.6. The molecule has 0 saturated heterocycles. The fourth-order valence-electron chi connectivity index (χ4n) is 4.27. The summed E-state index contributed by atoms with van der Waals surface area (Å²) in [6.07, 6.45) is 4.86. The van der Waals surface area contributed by atoms with Crippen LogP contribution in [0, 0.1) is 5.92 Å². The van der Waals surface area contributed by atoms with E-state index in [1.54, 1.807) is 31.6 Å². The molecule has 2 aromatic heterocycles. The van der Waals surface area contributed by atoms with Gasteiger partial charge in [-0.15, -0.1) is 10.2 Å². The molecule has 1 amide bonds. The van der Waals surface area contributed by atoms with Crippen molar-refractivity contribution < 1.29 is 9.53 Å². The summed E-state index contributed by atoms with van der Waals surface area (Å²) >= 11 is 0. The Morgan fingerprint density at radius 3 is 2.79 bits per heavy atom. The van der Waals surface area contributed by atoms with E-state index in [0.717, 1.165) is 56.4 Å². The minimum atomic E-state index is -0.205. The van der Waals surface area contributed by atoms with Crippen molar-refractivity contribution in [1.29, 1.82) is 0 Å². The third-order valence-corrected chi connectivity index (χ3v) is 5.94. The first-order valence-electron chi connectivity index (χ1n) is 11.5. The van der Waals surface area contributed by atoms with Gasteiger partial charge in [-0.1, -0.05) is 26.0 Å².